The van der Waals surface area contributed by atoms with E-state index in [1.807, 2.05) is 24.1 Å². The van der Waals surface area contributed by atoms with Crippen molar-refractivity contribution in [2.45, 2.75) is 25.0 Å². The largest absolute Gasteiger partial charge is 0.339 e. The zero-order valence-electron chi connectivity index (χ0n) is 13.1. The summed E-state index contributed by atoms with van der Waals surface area (Å²) in [5.74, 6) is 1.97. The van der Waals surface area contributed by atoms with Gasteiger partial charge in [-0.15, -0.1) is 0 Å². The molecule has 0 saturated carbocycles. The third-order valence-corrected chi connectivity index (χ3v) is 4.84. The van der Waals surface area contributed by atoms with Gasteiger partial charge in [-0.05, 0) is 62.7 Å². The summed E-state index contributed by atoms with van der Waals surface area (Å²) >= 11 is 1.80. The number of benzene rings is 1. The van der Waals surface area contributed by atoms with Gasteiger partial charge in [-0.1, -0.05) is 12.1 Å². The van der Waals surface area contributed by atoms with E-state index in [-0.39, 0.29) is 5.91 Å². The van der Waals surface area contributed by atoms with Crippen LogP contribution in [0.25, 0.3) is 0 Å². The summed E-state index contributed by atoms with van der Waals surface area (Å²) in [4.78, 5) is 14.5. The topological polar surface area (TPSA) is 32.3 Å². The molecule has 21 heavy (non-hydrogen) atoms. The van der Waals surface area contributed by atoms with E-state index in [4.69, 9.17) is 0 Å². The predicted octanol–water partition coefficient (Wildman–Crippen LogP) is 3.01. The normalized spacial score (nSPS) is 16.2. The number of likely N-dealkylation sites (tertiary alicyclic amines) is 1. The highest BCUT2D eigenvalue weighted by Gasteiger charge is 2.23. The number of nitrogens with zero attached hydrogens (tertiary/aromatic N) is 1. The molecule has 116 valence electrons. The molecule has 0 atom stereocenters. The zero-order chi connectivity index (χ0) is 15.1. The highest BCUT2D eigenvalue weighted by atomic mass is 32.2. The number of nitrogens with one attached hydrogen (secondary N) is 1. The molecular formula is C17H26N2OS. The van der Waals surface area contributed by atoms with Crippen molar-refractivity contribution < 1.29 is 4.79 Å². The lowest BCUT2D eigenvalue weighted by Gasteiger charge is -2.32. The first-order valence-corrected chi connectivity index (χ1v) is 9.15. The van der Waals surface area contributed by atoms with Crippen molar-refractivity contribution in [3.05, 3.63) is 35.4 Å². The summed E-state index contributed by atoms with van der Waals surface area (Å²) in [6.45, 7) is 2.88. The lowest BCUT2D eigenvalue weighted by atomic mass is 9.93. The van der Waals surface area contributed by atoms with E-state index in [9.17, 15) is 4.79 Å². The molecular weight excluding hydrogens is 280 g/mol. The van der Waals surface area contributed by atoms with Crippen LogP contribution in [0.3, 0.4) is 0 Å². The Labute approximate surface area is 132 Å². The molecule has 2 rings (SSSR count). The summed E-state index contributed by atoms with van der Waals surface area (Å²) < 4.78 is 0. The van der Waals surface area contributed by atoms with E-state index in [1.54, 1.807) is 11.8 Å². The van der Waals surface area contributed by atoms with Gasteiger partial charge in [0, 0.05) is 24.4 Å². The number of piperidine rings is 1. The molecule has 0 radical (unpaired) electrons. The molecule has 0 bridgehead atoms. The number of hydrogen-bond donors (Lipinski definition) is 1. The monoisotopic (exact) mass is 306 g/mol. The molecule has 1 aromatic carbocycles. The first-order chi connectivity index (χ1) is 10.2. The second-order valence-electron chi connectivity index (χ2n) is 5.76. The lowest BCUT2D eigenvalue weighted by molar-refractivity contribution is 0.0687. The maximum Gasteiger partial charge on any atom is 0.253 e. The van der Waals surface area contributed by atoms with Gasteiger partial charge >= 0.3 is 0 Å². The average molecular weight is 306 g/mol. The third kappa shape index (κ3) is 4.75. The number of thioether (sulfide) groups is 1. The Morgan fingerprint density at radius 1 is 1.29 bits per heavy atom. The van der Waals surface area contributed by atoms with Crippen molar-refractivity contribution >= 4 is 17.7 Å². The maximum atomic E-state index is 12.5. The van der Waals surface area contributed by atoms with Gasteiger partial charge in [0.2, 0.25) is 0 Å². The third-order valence-electron chi connectivity index (χ3n) is 4.22. The van der Waals surface area contributed by atoms with Crippen molar-refractivity contribution in [2.75, 3.05) is 32.9 Å². The van der Waals surface area contributed by atoms with Gasteiger partial charge < -0.3 is 10.2 Å². The smallest absolute Gasteiger partial charge is 0.253 e. The second kappa shape index (κ2) is 8.44. The van der Waals surface area contributed by atoms with E-state index in [0.29, 0.717) is 0 Å². The predicted molar refractivity (Wildman–Crippen MR) is 90.8 cm³/mol. The fraction of sp³-hybridized carbons (Fsp3) is 0.588. The maximum absolute atomic E-state index is 12.5. The highest BCUT2D eigenvalue weighted by molar-refractivity contribution is 7.97. The number of carbonyl (C=O) groups excluding carboxylic acids is 1. The molecule has 1 fully saturated rings. The van der Waals surface area contributed by atoms with Crippen LogP contribution >= 0.6 is 11.8 Å². The molecule has 0 aromatic heterocycles. The Morgan fingerprint density at radius 2 is 1.95 bits per heavy atom. The molecule has 1 aromatic rings. The van der Waals surface area contributed by atoms with E-state index in [0.717, 1.165) is 49.7 Å². The van der Waals surface area contributed by atoms with Gasteiger partial charge in [-0.2, -0.15) is 11.8 Å². The summed E-state index contributed by atoms with van der Waals surface area (Å²) in [6, 6.07) is 8.09. The van der Waals surface area contributed by atoms with Crippen molar-refractivity contribution in [3.63, 3.8) is 0 Å². The Balaban J connectivity index is 1.86. The minimum atomic E-state index is 0.192. The van der Waals surface area contributed by atoms with Crippen LogP contribution in [-0.2, 0) is 5.75 Å². The van der Waals surface area contributed by atoms with Crippen LogP contribution in [0.1, 0.15) is 35.2 Å². The van der Waals surface area contributed by atoms with Gasteiger partial charge in [0.25, 0.3) is 5.91 Å². The fourth-order valence-corrected chi connectivity index (χ4v) is 3.39. The van der Waals surface area contributed by atoms with E-state index < -0.39 is 0 Å². The molecule has 3 nitrogen and oxygen atoms in total. The Hall–Kier alpha value is -1.00. The molecule has 4 heteroatoms. The number of amides is 1. The second-order valence-corrected chi connectivity index (χ2v) is 6.62. The van der Waals surface area contributed by atoms with Gasteiger partial charge in [-0.3, -0.25) is 4.79 Å². The van der Waals surface area contributed by atoms with E-state index in [1.165, 1.54) is 12.0 Å². The van der Waals surface area contributed by atoms with E-state index >= 15 is 0 Å². The van der Waals surface area contributed by atoms with Crippen molar-refractivity contribution in [1.29, 1.82) is 0 Å². The molecule has 0 unspecified atom stereocenters. The van der Waals surface area contributed by atoms with Crippen LogP contribution in [0.5, 0.6) is 0 Å². The number of hydrogen-bond acceptors (Lipinski definition) is 3. The van der Waals surface area contributed by atoms with Gasteiger partial charge in [0.1, 0.15) is 0 Å². The highest BCUT2D eigenvalue weighted by Crippen LogP contribution is 2.21. The standard InChI is InChI=1S/C17H26N2OS/c1-18-10-7-14-8-11-19(12-9-14)17(20)16-5-3-15(4-6-16)13-21-2/h3-6,14,18H,7-13H2,1-2H3. The van der Waals surface area contributed by atoms with Crippen LogP contribution < -0.4 is 5.32 Å². The fourth-order valence-electron chi connectivity index (χ4n) is 2.87. The van der Waals surface area contributed by atoms with Gasteiger partial charge in [0.05, 0.1) is 0 Å². The Kier molecular flexibility index (Phi) is 6.58. The van der Waals surface area contributed by atoms with Gasteiger partial charge in [0.15, 0.2) is 0 Å². The van der Waals surface area contributed by atoms with Crippen LogP contribution in [0, 0.1) is 5.92 Å². The number of carbonyl (C=O) groups is 1. The SMILES string of the molecule is CNCCC1CCN(C(=O)c2ccc(CSC)cc2)CC1. The molecule has 0 aliphatic carbocycles. The molecule has 1 aliphatic heterocycles. The van der Waals surface area contributed by atoms with Crippen molar-refractivity contribution in [1.82, 2.24) is 10.2 Å². The minimum Gasteiger partial charge on any atom is -0.339 e. The molecule has 1 amide bonds. The molecule has 1 N–H and O–H groups in total. The molecule has 1 aliphatic rings. The average Bonchev–Trinajstić information content (AvgIpc) is 2.54. The summed E-state index contributed by atoms with van der Waals surface area (Å²) in [5.41, 5.74) is 2.11. The summed E-state index contributed by atoms with van der Waals surface area (Å²) in [7, 11) is 2.00. The molecule has 1 saturated heterocycles. The number of rotatable bonds is 6. The summed E-state index contributed by atoms with van der Waals surface area (Å²) in [6.07, 6.45) is 5.59. The van der Waals surface area contributed by atoms with Gasteiger partial charge in [-0.25, -0.2) is 0 Å². The minimum absolute atomic E-state index is 0.192. The van der Waals surface area contributed by atoms with Crippen molar-refractivity contribution in [2.24, 2.45) is 5.92 Å². The van der Waals surface area contributed by atoms with Crippen LogP contribution in [-0.4, -0.2) is 43.7 Å². The Morgan fingerprint density at radius 3 is 2.52 bits per heavy atom. The first kappa shape index (κ1) is 16.4. The first-order valence-electron chi connectivity index (χ1n) is 7.76. The quantitative estimate of drug-likeness (QED) is 0.877. The zero-order valence-corrected chi connectivity index (χ0v) is 13.9. The Bertz CT molecular complexity index is 439. The lowest BCUT2D eigenvalue weighted by Crippen LogP contribution is -2.38. The molecule has 1 heterocycles. The van der Waals surface area contributed by atoms with Crippen LogP contribution in [0.15, 0.2) is 24.3 Å². The van der Waals surface area contributed by atoms with Crippen LogP contribution in [0.4, 0.5) is 0 Å². The van der Waals surface area contributed by atoms with Crippen LogP contribution in [0.2, 0.25) is 0 Å². The summed E-state index contributed by atoms with van der Waals surface area (Å²) in [5, 5.41) is 3.21. The molecule has 0 spiro atoms. The van der Waals surface area contributed by atoms with E-state index in [2.05, 4.69) is 23.7 Å². The van der Waals surface area contributed by atoms with Crippen molar-refractivity contribution in [3.8, 4) is 0 Å².